The molecular weight excluding hydrogens is 497 g/mol. The molecule has 0 aliphatic carbocycles. The summed E-state index contributed by atoms with van der Waals surface area (Å²) in [6, 6.07) is 16.1. The van der Waals surface area contributed by atoms with Gasteiger partial charge in [0.05, 0.1) is 36.9 Å². The molecule has 6 rings (SSSR count). The highest BCUT2D eigenvalue weighted by molar-refractivity contribution is 6.30. The number of nitrogens with zero attached hydrogens (tertiary/aromatic N) is 5. The molecule has 188 valence electrons. The van der Waals surface area contributed by atoms with Gasteiger partial charge >= 0.3 is 0 Å². The summed E-state index contributed by atoms with van der Waals surface area (Å²) in [5.74, 6) is -1.38. The van der Waals surface area contributed by atoms with E-state index in [1.165, 1.54) is 13.2 Å². The van der Waals surface area contributed by atoms with Gasteiger partial charge in [0, 0.05) is 48.4 Å². The average molecular weight is 520 g/mol. The van der Waals surface area contributed by atoms with Gasteiger partial charge in [-0.3, -0.25) is 9.69 Å². The molecule has 2 saturated heterocycles. The molecule has 0 saturated carbocycles. The zero-order chi connectivity index (χ0) is 25.5. The third kappa shape index (κ3) is 4.50. The van der Waals surface area contributed by atoms with E-state index in [1.54, 1.807) is 0 Å². The highest BCUT2D eigenvalue weighted by Gasteiger charge is 2.42. The molecule has 2 aliphatic rings. The number of aromatic nitrogens is 3. The van der Waals surface area contributed by atoms with Crippen LogP contribution < -0.4 is 4.74 Å². The van der Waals surface area contributed by atoms with E-state index in [-0.39, 0.29) is 30.2 Å². The number of fused-ring (bicyclic) bond motifs is 2. The Morgan fingerprint density at radius 2 is 2.00 bits per heavy atom. The summed E-state index contributed by atoms with van der Waals surface area (Å²) in [5, 5.41) is 0.670. The minimum atomic E-state index is -0.735. The van der Waals surface area contributed by atoms with Crippen molar-refractivity contribution in [1.29, 1.82) is 0 Å². The first-order valence-electron chi connectivity index (χ1n) is 11.9. The number of halogens is 2. The van der Waals surface area contributed by atoms with E-state index in [0.717, 1.165) is 28.7 Å². The molecule has 2 atom stereocenters. The lowest BCUT2D eigenvalue weighted by Crippen LogP contribution is -2.25. The summed E-state index contributed by atoms with van der Waals surface area (Å²) >= 11 is 6.11. The molecule has 10 heteroatoms. The van der Waals surface area contributed by atoms with E-state index in [0.29, 0.717) is 30.4 Å². The van der Waals surface area contributed by atoms with Crippen molar-refractivity contribution in [3.8, 4) is 17.1 Å². The van der Waals surface area contributed by atoms with Crippen molar-refractivity contribution in [3.63, 3.8) is 0 Å². The smallest absolute Gasteiger partial charge is 0.298 e. The number of pyridine rings is 2. The van der Waals surface area contributed by atoms with Gasteiger partial charge in [0.15, 0.2) is 11.5 Å². The van der Waals surface area contributed by atoms with Gasteiger partial charge in [-0.05, 0) is 30.3 Å². The highest BCUT2D eigenvalue weighted by Crippen LogP contribution is 2.32. The van der Waals surface area contributed by atoms with Gasteiger partial charge in [0.25, 0.3) is 5.91 Å². The molecule has 1 amide bonds. The second kappa shape index (κ2) is 9.66. The van der Waals surface area contributed by atoms with Gasteiger partial charge in [-0.25, -0.2) is 19.4 Å². The maximum Gasteiger partial charge on any atom is 0.298 e. The van der Waals surface area contributed by atoms with Crippen molar-refractivity contribution < 1.29 is 18.7 Å². The van der Waals surface area contributed by atoms with Gasteiger partial charge in [-0.1, -0.05) is 29.8 Å². The molecule has 37 heavy (non-hydrogen) atoms. The third-order valence-electron chi connectivity index (χ3n) is 6.81. The third-order valence-corrected chi connectivity index (χ3v) is 7.06. The van der Waals surface area contributed by atoms with E-state index < -0.39 is 11.7 Å². The van der Waals surface area contributed by atoms with Gasteiger partial charge in [-0.2, -0.15) is 0 Å². The first-order chi connectivity index (χ1) is 18.0. The molecule has 0 N–H and O–H groups in total. The average Bonchev–Trinajstić information content (AvgIpc) is 3.59. The number of carbonyl (C=O) groups is 1. The molecule has 0 spiro atoms. The molecule has 0 bridgehead atoms. The lowest BCUT2D eigenvalue weighted by Gasteiger charge is -2.17. The molecular formula is C27H23ClFN5O3. The van der Waals surface area contributed by atoms with Crippen LogP contribution in [0.5, 0.6) is 5.88 Å². The van der Waals surface area contributed by atoms with Crippen LogP contribution in [-0.4, -0.2) is 63.8 Å². The Balaban J connectivity index is 1.25. The van der Waals surface area contributed by atoms with E-state index in [9.17, 15) is 9.18 Å². The molecule has 1 aromatic carbocycles. The predicted octanol–water partition coefficient (Wildman–Crippen LogP) is 4.31. The number of rotatable bonds is 5. The summed E-state index contributed by atoms with van der Waals surface area (Å²) < 4.78 is 27.3. The SMILES string of the molecule is COc1ccc(F)c(C(=O)N=C2COC3CN(Cc4c(-c5ccc(Cl)cc5)nc5ccccn45)CC23)n1. The predicted molar refractivity (Wildman–Crippen MR) is 137 cm³/mol. The minimum Gasteiger partial charge on any atom is -0.481 e. The number of aliphatic imine (C=N–C) groups is 1. The van der Waals surface area contributed by atoms with Gasteiger partial charge in [0.2, 0.25) is 5.88 Å². The monoisotopic (exact) mass is 519 g/mol. The molecule has 2 fully saturated rings. The molecule has 0 radical (unpaired) electrons. The number of imidazole rings is 1. The van der Waals surface area contributed by atoms with Gasteiger partial charge < -0.3 is 13.9 Å². The lowest BCUT2D eigenvalue weighted by atomic mass is 10.0. The maximum atomic E-state index is 14.2. The zero-order valence-corrected chi connectivity index (χ0v) is 20.7. The number of carbonyl (C=O) groups excluding carboxylic acids is 1. The highest BCUT2D eigenvalue weighted by atomic mass is 35.5. The fourth-order valence-corrected chi connectivity index (χ4v) is 5.13. The summed E-state index contributed by atoms with van der Waals surface area (Å²) in [5.41, 5.74) is 4.04. The summed E-state index contributed by atoms with van der Waals surface area (Å²) in [4.78, 5) is 28.1. The number of amides is 1. The normalized spacial score (nSPS) is 20.6. The van der Waals surface area contributed by atoms with Crippen LogP contribution in [0.3, 0.4) is 0 Å². The van der Waals surface area contributed by atoms with Gasteiger partial charge in [0.1, 0.15) is 5.65 Å². The fraction of sp³-hybridized carbons (Fsp3) is 0.259. The molecule has 2 aliphatic heterocycles. The first-order valence-corrected chi connectivity index (χ1v) is 12.3. The fourth-order valence-electron chi connectivity index (χ4n) is 5.00. The second-order valence-electron chi connectivity index (χ2n) is 9.09. The molecule has 4 aromatic rings. The molecule has 8 nitrogen and oxygen atoms in total. The van der Waals surface area contributed by atoms with Crippen LogP contribution in [0.15, 0.2) is 65.8 Å². The topological polar surface area (TPSA) is 81.3 Å². The van der Waals surface area contributed by atoms with Crippen LogP contribution in [-0.2, 0) is 11.3 Å². The summed E-state index contributed by atoms with van der Waals surface area (Å²) in [7, 11) is 1.41. The number of benzene rings is 1. The number of hydrogen-bond acceptors (Lipinski definition) is 6. The largest absolute Gasteiger partial charge is 0.481 e. The minimum absolute atomic E-state index is 0.0595. The molecule has 5 heterocycles. The zero-order valence-electron chi connectivity index (χ0n) is 20.0. The van der Waals surface area contributed by atoms with Crippen molar-refractivity contribution in [3.05, 3.63) is 83.0 Å². The Bertz CT molecular complexity index is 1520. The summed E-state index contributed by atoms with van der Waals surface area (Å²) in [6.07, 6.45) is 1.92. The van der Waals surface area contributed by atoms with Crippen LogP contribution in [0, 0.1) is 11.7 Å². The standard InChI is InChI=1S/C27H23ClFN5O3/c1-36-24-10-9-19(29)26(32-24)27(35)30-20-15-37-22-14-33(12-18(20)22)13-21-25(16-5-7-17(28)8-6-16)31-23-4-2-3-11-34(21)23/h2-11,18,22H,12-15H2,1H3. The van der Waals surface area contributed by atoms with Crippen molar-refractivity contribution in [2.24, 2.45) is 10.9 Å². The van der Waals surface area contributed by atoms with Crippen LogP contribution in [0.2, 0.25) is 5.02 Å². The Morgan fingerprint density at radius 1 is 1.16 bits per heavy atom. The Hall–Kier alpha value is -3.66. The van der Waals surface area contributed by atoms with Crippen molar-refractivity contribution in [2.75, 3.05) is 26.8 Å². The van der Waals surface area contributed by atoms with Gasteiger partial charge in [-0.15, -0.1) is 0 Å². The van der Waals surface area contributed by atoms with Crippen molar-refractivity contribution >= 4 is 28.9 Å². The van der Waals surface area contributed by atoms with Crippen molar-refractivity contribution in [2.45, 2.75) is 12.6 Å². The van der Waals surface area contributed by atoms with E-state index >= 15 is 0 Å². The van der Waals surface area contributed by atoms with E-state index in [2.05, 4.69) is 19.3 Å². The van der Waals surface area contributed by atoms with Crippen LogP contribution in [0.4, 0.5) is 4.39 Å². The number of ether oxygens (including phenoxy) is 2. The van der Waals surface area contributed by atoms with Crippen LogP contribution in [0.25, 0.3) is 16.9 Å². The van der Waals surface area contributed by atoms with Crippen LogP contribution in [0.1, 0.15) is 16.2 Å². The second-order valence-corrected chi connectivity index (χ2v) is 9.52. The quantitative estimate of drug-likeness (QED) is 0.391. The number of hydrogen-bond donors (Lipinski definition) is 0. The Labute approximate surface area is 217 Å². The maximum absolute atomic E-state index is 14.2. The first kappa shape index (κ1) is 23.7. The lowest BCUT2D eigenvalue weighted by molar-refractivity contribution is 0.0985. The van der Waals surface area contributed by atoms with E-state index in [1.807, 2.05) is 48.7 Å². The number of likely N-dealkylation sites (tertiary alicyclic amines) is 1. The molecule has 3 aromatic heterocycles. The number of methoxy groups -OCH3 is 1. The molecule has 2 unspecified atom stereocenters. The summed E-state index contributed by atoms with van der Waals surface area (Å²) in [6.45, 7) is 2.22. The van der Waals surface area contributed by atoms with E-state index in [4.69, 9.17) is 26.1 Å². The van der Waals surface area contributed by atoms with Crippen LogP contribution >= 0.6 is 11.6 Å². The Kier molecular flexibility index (Phi) is 6.19. The Morgan fingerprint density at radius 3 is 2.81 bits per heavy atom. The van der Waals surface area contributed by atoms with Crippen molar-refractivity contribution in [1.82, 2.24) is 19.3 Å².